The highest BCUT2D eigenvalue weighted by atomic mass is 32.2. The largest absolute Gasteiger partial charge is 0.457 e. The Labute approximate surface area is 225 Å². The Bertz CT molecular complexity index is 1250. The number of likely N-dealkylation sites (tertiary alicyclic amines) is 1. The molecular formula is C29H38FN3O4S. The van der Waals surface area contributed by atoms with Crippen molar-refractivity contribution in [1.29, 1.82) is 0 Å². The molecule has 9 heteroatoms. The monoisotopic (exact) mass is 543 g/mol. The summed E-state index contributed by atoms with van der Waals surface area (Å²) in [6.45, 7) is 5.57. The SMILES string of the molecule is CC1(C)OC(N[C@@H](CCO)c2ccccc2F)=NS(=O)(=O)[C@H]1Cc1ccc(C2CCN(C3CC3)CC2)cc1. The summed E-state index contributed by atoms with van der Waals surface area (Å²) < 4.78 is 51.0. The van der Waals surface area contributed by atoms with Crippen molar-refractivity contribution in [3.63, 3.8) is 0 Å². The summed E-state index contributed by atoms with van der Waals surface area (Å²) in [7, 11) is -3.93. The number of hydrogen-bond acceptors (Lipinski definition) is 6. The van der Waals surface area contributed by atoms with Crippen LogP contribution < -0.4 is 5.32 Å². The van der Waals surface area contributed by atoms with Crippen molar-refractivity contribution in [2.24, 2.45) is 4.40 Å². The van der Waals surface area contributed by atoms with E-state index in [4.69, 9.17) is 4.74 Å². The van der Waals surface area contributed by atoms with Crippen LogP contribution in [0.1, 0.15) is 74.6 Å². The van der Waals surface area contributed by atoms with E-state index >= 15 is 0 Å². The molecule has 2 aliphatic heterocycles. The van der Waals surface area contributed by atoms with E-state index < -0.39 is 32.7 Å². The van der Waals surface area contributed by atoms with Crippen LogP contribution in [0.4, 0.5) is 4.39 Å². The van der Waals surface area contributed by atoms with E-state index in [-0.39, 0.29) is 25.5 Å². The molecule has 206 valence electrons. The fourth-order valence-electron chi connectivity index (χ4n) is 5.80. The van der Waals surface area contributed by atoms with Crippen LogP contribution in [0.25, 0.3) is 0 Å². The topological polar surface area (TPSA) is 91.2 Å². The Balaban J connectivity index is 1.27. The fourth-order valence-corrected chi connectivity index (χ4v) is 7.41. The van der Waals surface area contributed by atoms with Crippen molar-refractivity contribution in [2.75, 3.05) is 19.7 Å². The van der Waals surface area contributed by atoms with Gasteiger partial charge in [0.1, 0.15) is 16.7 Å². The Kier molecular flexibility index (Phi) is 7.80. The van der Waals surface area contributed by atoms with Crippen LogP contribution in [0.3, 0.4) is 0 Å². The Morgan fingerprint density at radius 2 is 1.79 bits per heavy atom. The highest BCUT2D eigenvalue weighted by Gasteiger charge is 2.46. The maximum Gasteiger partial charge on any atom is 0.301 e. The van der Waals surface area contributed by atoms with Crippen LogP contribution in [0.5, 0.6) is 0 Å². The van der Waals surface area contributed by atoms with Crippen LogP contribution >= 0.6 is 0 Å². The van der Waals surface area contributed by atoms with E-state index in [1.165, 1.54) is 37.3 Å². The molecule has 0 amide bonds. The lowest BCUT2D eigenvalue weighted by Gasteiger charge is -2.38. The molecule has 0 unspecified atom stereocenters. The average Bonchev–Trinajstić information content (AvgIpc) is 3.72. The molecule has 5 rings (SSSR count). The van der Waals surface area contributed by atoms with E-state index in [1.54, 1.807) is 32.0 Å². The van der Waals surface area contributed by atoms with Gasteiger partial charge in [-0.05, 0) is 88.6 Å². The number of benzene rings is 2. The summed E-state index contributed by atoms with van der Waals surface area (Å²) in [6, 6.07) is 14.5. The quantitative estimate of drug-likeness (QED) is 0.516. The first-order chi connectivity index (χ1) is 18.2. The van der Waals surface area contributed by atoms with Crippen molar-refractivity contribution in [3.05, 3.63) is 71.0 Å². The standard InChI is InChI=1S/C29H38FN3O4S/c1-29(2)27(19-20-7-9-21(10-8-20)22-13-16-33(17-14-22)23-11-12-23)38(35,36)32-28(37-29)31-26(15-18-34)24-5-3-4-6-25(24)30/h3-10,22-23,26-27,34H,11-19H2,1-2H3,(H,31,32)/t26-,27-/m0/s1. The molecule has 2 aromatic carbocycles. The first-order valence-electron chi connectivity index (χ1n) is 13.6. The van der Waals surface area contributed by atoms with E-state index in [9.17, 15) is 17.9 Å². The summed E-state index contributed by atoms with van der Waals surface area (Å²) in [6.07, 6.45) is 5.48. The molecule has 2 N–H and O–H groups in total. The molecule has 1 saturated heterocycles. The van der Waals surface area contributed by atoms with Gasteiger partial charge >= 0.3 is 6.02 Å². The number of nitrogens with one attached hydrogen (secondary N) is 1. The Hall–Kier alpha value is -2.49. The second-order valence-electron chi connectivity index (χ2n) is 11.3. The zero-order chi connectivity index (χ0) is 26.9. The normalized spacial score (nSPS) is 24.3. The number of aliphatic hydroxyl groups is 1. The van der Waals surface area contributed by atoms with Gasteiger partial charge < -0.3 is 20.1 Å². The van der Waals surface area contributed by atoms with Crippen molar-refractivity contribution < 1.29 is 22.7 Å². The molecule has 0 bridgehead atoms. The number of sulfonamides is 1. The minimum atomic E-state index is -3.93. The zero-order valence-corrected chi connectivity index (χ0v) is 23.0. The minimum absolute atomic E-state index is 0.166. The van der Waals surface area contributed by atoms with E-state index in [1.807, 2.05) is 12.1 Å². The number of aliphatic hydroxyl groups excluding tert-OH is 1. The average molecular weight is 544 g/mol. The highest BCUT2D eigenvalue weighted by molar-refractivity contribution is 7.91. The van der Waals surface area contributed by atoms with Crippen LogP contribution in [0.15, 0.2) is 52.9 Å². The van der Waals surface area contributed by atoms with Gasteiger partial charge in [-0.1, -0.05) is 42.5 Å². The Morgan fingerprint density at radius 3 is 2.39 bits per heavy atom. The summed E-state index contributed by atoms with van der Waals surface area (Å²) in [5.74, 6) is 0.101. The number of nitrogens with zero attached hydrogens (tertiary/aromatic N) is 2. The molecule has 38 heavy (non-hydrogen) atoms. The highest BCUT2D eigenvalue weighted by Crippen LogP contribution is 2.35. The third-order valence-electron chi connectivity index (χ3n) is 8.17. The van der Waals surface area contributed by atoms with E-state index in [0.29, 0.717) is 11.5 Å². The molecule has 2 heterocycles. The van der Waals surface area contributed by atoms with Crippen LogP contribution in [-0.2, 0) is 21.2 Å². The third-order valence-corrected chi connectivity index (χ3v) is 10.0. The minimum Gasteiger partial charge on any atom is -0.457 e. The number of halogens is 1. The first-order valence-corrected chi connectivity index (χ1v) is 15.1. The summed E-state index contributed by atoms with van der Waals surface area (Å²) in [5, 5.41) is 11.5. The van der Waals surface area contributed by atoms with E-state index in [2.05, 4.69) is 26.7 Å². The molecule has 1 aliphatic carbocycles. The van der Waals surface area contributed by atoms with Gasteiger partial charge in [-0.3, -0.25) is 0 Å². The van der Waals surface area contributed by atoms with Gasteiger partial charge in [0.25, 0.3) is 10.0 Å². The molecule has 3 aliphatic rings. The van der Waals surface area contributed by atoms with Crippen LogP contribution in [-0.4, -0.2) is 61.0 Å². The lowest BCUT2D eigenvalue weighted by molar-refractivity contribution is 0.0760. The molecule has 1 saturated carbocycles. The predicted molar refractivity (Wildman–Crippen MR) is 146 cm³/mol. The van der Waals surface area contributed by atoms with Crippen molar-refractivity contribution in [3.8, 4) is 0 Å². The molecule has 2 atom stereocenters. The lowest BCUT2D eigenvalue weighted by Crippen LogP contribution is -2.53. The molecule has 7 nitrogen and oxygen atoms in total. The summed E-state index contributed by atoms with van der Waals surface area (Å²) in [4.78, 5) is 2.62. The second-order valence-corrected chi connectivity index (χ2v) is 13.1. The van der Waals surface area contributed by atoms with Gasteiger partial charge in [0.2, 0.25) is 0 Å². The maximum atomic E-state index is 14.4. The molecule has 2 fully saturated rings. The Morgan fingerprint density at radius 1 is 1.11 bits per heavy atom. The molecule has 0 aromatic heterocycles. The molecule has 2 aromatic rings. The van der Waals surface area contributed by atoms with Gasteiger partial charge in [0, 0.05) is 18.2 Å². The third kappa shape index (κ3) is 6.05. The fraction of sp³-hybridized carbons (Fsp3) is 0.552. The second kappa shape index (κ2) is 10.9. The lowest BCUT2D eigenvalue weighted by atomic mass is 9.88. The predicted octanol–water partition coefficient (Wildman–Crippen LogP) is 4.29. The van der Waals surface area contributed by atoms with Gasteiger partial charge in [0.05, 0.1) is 6.04 Å². The maximum absolute atomic E-state index is 14.4. The van der Waals surface area contributed by atoms with Gasteiger partial charge in [0.15, 0.2) is 0 Å². The summed E-state index contributed by atoms with van der Waals surface area (Å²) >= 11 is 0. The number of piperidine rings is 1. The zero-order valence-electron chi connectivity index (χ0n) is 22.1. The van der Waals surface area contributed by atoms with Gasteiger partial charge in [-0.2, -0.15) is 0 Å². The molecule has 0 spiro atoms. The number of hydrogen-bond donors (Lipinski definition) is 2. The summed E-state index contributed by atoms with van der Waals surface area (Å²) in [5.41, 5.74) is 1.48. The molecule has 0 radical (unpaired) electrons. The van der Waals surface area contributed by atoms with Gasteiger partial charge in [-0.15, -0.1) is 4.40 Å². The number of rotatable bonds is 8. The van der Waals surface area contributed by atoms with Crippen molar-refractivity contribution in [1.82, 2.24) is 10.2 Å². The molecular weight excluding hydrogens is 505 g/mol. The first kappa shape index (κ1) is 27.1. The number of ether oxygens (including phenoxy) is 1. The van der Waals surface area contributed by atoms with Gasteiger partial charge in [-0.25, -0.2) is 12.8 Å². The number of amidine groups is 1. The van der Waals surface area contributed by atoms with E-state index in [0.717, 1.165) is 24.7 Å². The van der Waals surface area contributed by atoms with Crippen LogP contribution in [0.2, 0.25) is 0 Å². The smallest absolute Gasteiger partial charge is 0.301 e. The van der Waals surface area contributed by atoms with Crippen LogP contribution in [0, 0.1) is 5.82 Å². The van der Waals surface area contributed by atoms with Crippen molar-refractivity contribution >= 4 is 16.0 Å². The van der Waals surface area contributed by atoms with Crippen molar-refractivity contribution in [2.45, 2.75) is 81.2 Å².